The van der Waals surface area contributed by atoms with Gasteiger partial charge in [-0.2, -0.15) is 0 Å². The van der Waals surface area contributed by atoms with Crippen molar-refractivity contribution in [2.75, 3.05) is 11.4 Å². The summed E-state index contributed by atoms with van der Waals surface area (Å²) in [5, 5.41) is 10.9. The lowest BCUT2D eigenvalue weighted by Gasteiger charge is -2.50. The minimum absolute atomic E-state index is 0.128. The lowest BCUT2D eigenvalue weighted by atomic mass is 9.49. The number of fused-ring (bicyclic) bond motifs is 4. The lowest BCUT2D eigenvalue weighted by Crippen LogP contribution is -2.53. The van der Waals surface area contributed by atoms with Crippen LogP contribution in [0.4, 0.5) is 5.69 Å². The second-order valence-corrected chi connectivity index (χ2v) is 12.5. The quantitative estimate of drug-likeness (QED) is 0.316. The number of likely N-dealkylation sites (tertiary alicyclic amines) is 1. The number of phenolic OH excluding ortho intramolecular Hbond substituents is 1. The summed E-state index contributed by atoms with van der Waals surface area (Å²) in [5.41, 5.74) is 2.10. The summed E-state index contributed by atoms with van der Waals surface area (Å²) in [5.74, 6) is -3.83. The van der Waals surface area contributed by atoms with Crippen LogP contribution in [0.3, 0.4) is 0 Å². The molecule has 2 aliphatic carbocycles. The van der Waals surface area contributed by atoms with E-state index in [1.54, 1.807) is 44.2 Å². The Morgan fingerprint density at radius 1 is 0.907 bits per heavy atom. The number of hydrogen-bond acceptors (Lipinski definition) is 5. The third kappa shape index (κ3) is 3.73. The summed E-state index contributed by atoms with van der Waals surface area (Å²) in [6.07, 6.45) is 2.69. The van der Waals surface area contributed by atoms with Gasteiger partial charge >= 0.3 is 0 Å². The fourth-order valence-electron chi connectivity index (χ4n) is 8.35. The highest BCUT2D eigenvalue weighted by Gasteiger charge is 2.70. The highest BCUT2D eigenvalue weighted by atomic mass is 35.5. The molecule has 3 aromatic carbocycles. The van der Waals surface area contributed by atoms with E-state index < -0.39 is 35.0 Å². The summed E-state index contributed by atoms with van der Waals surface area (Å²) in [6.45, 7) is 3.90. The van der Waals surface area contributed by atoms with E-state index in [9.17, 15) is 19.5 Å². The van der Waals surface area contributed by atoms with Crippen molar-refractivity contribution in [2.45, 2.75) is 38.0 Å². The van der Waals surface area contributed by atoms with Gasteiger partial charge < -0.3 is 5.11 Å². The van der Waals surface area contributed by atoms with Crippen LogP contribution in [0, 0.1) is 30.6 Å². The molecule has 0 bridgehead atoms. The summed E-state index contributed by atoms with van der Waals surface area (Å²) in [4.78, 5) is 59.4. The number of halogens is 1. The maximum atomic E-state index is 15.1. The molecule has 0 spiro atoms. The van der Waals surface area contributed by atoms with E-state index in [1.807, 2.05) is 48.5 Å². The molecule has 7 nitrogen and oxygen atoms in total. The minimum atomic E-state index is -1.32. The molecule has 43 heavy (non-hydrogen) atoms. The number of amides is 4. The lowest BCUT2D eigenvalue weighted by molar-refractivity contribution is -0.140. The van der Waals surface area contributed by atoms with Crippen LogP contribution >= 0.6 is 11.6 Å². The maximum absolute atomic E-state index is 15.1. The highest BCUT2D eigenvalue weighted by molar-refractivity contribution is 6.32. The number of nitrogens with zero attached hydrogens (tertiary/aromatic N) is 2. The number of anilines is 1. The molecule has 2 heterocycles. The third-order valence-corrected chi connectivity index (χ3v) is 10.4. The van der Waals surface area contributed by atoms with Crippen LogP contribution in [0.25, 0.3) is 0 Å². The molecule has 1 saturated carbocycles. The van der Waals surface area contributed by atoms with E-state index in [-0.39, 0.29) is 35.8 Å². The number of imide groups is 2. The maximum Gasteiger partial charge on any atom is 0.246 e. The highest BCUT2D eigenvalue weighted by Crippen LogP contribution is 2.64. The molecule has 0 unspecified atom stereocenters. The minimum Gasteiger partial charge on any atom is -0.508 e. The Hall–Kier alpha value is -4.23. The van der Waals surface area contributed by atoms with Gasteiger partial charge in [0.05, 0.1) is 28.9 Å². The predicted molar refractivity (Wildman–Crippen MR) is 161 cm³/mol. The molecule has 3 aromatic rings. The molecule has 4 amide bonds. The van der Waals surface area contributed by atoms with Gasteiger partial charge in [-0.15, -0.1) is 0 Å². The van der Waals surface area contributed by atoms with Crippen molar-refractivity contribution < 1.29 is 24.3 Å². The van der Waals surface area contributed by atoms with Crippen LogP contribution in [-0.2, 0) is 24.6 Å². The molecule has 2 saturated heterocycles. The molecule has 7 rings (SSSR count). The van der Waals surface area contributed by atoms with Gasteiger partial charge in [-0.3, -0.25) is 24.1 Å². The van der Waals surface area contributed by atoms with Crippen molar-refractivity contribution in [1.82, 2.24) is 4.90 Å². The van der Waals surface area contributed by atoms with Crippen LogP contribution in [0.2, 0.25) is 5.02 Å². The zero-order chi connectivity index (χ0) is 30.2. The van der Waals surface area contributed by atoms with Gasteiger partial charge in [0.15, 0.2) is 0 Å². The van der Waals surface area contributed by atoms with Crippen LogP contribution in [-0.4, -0.2) is 40.2 Å². The average Bonchev–Trinajstić information content (AvgIpc) is 3.39. The molecular formula is C35H31ClN2O5. The Bertz CT molecular complexity index is 1730. The van der Waals surface area contributed by atoms with Crippen LogP contribution in [0.1, 0.15) is 42.4 Å². The smallest absolute Gasteiger partial charge is 0.246 e. The van der Waals surface area contributed by atoms with E-state index in [1.165, 1.54) is 9.80 Å². The van der Waals surface area contributed by atoms with Crippen molar-refractivity contribution in [3.8, 4) is 5.75 Å². The van der Waals surface area contributed by atoms with Gasteiger partial charge in [0, 0.05) is 17.5 Å². The van der Waals surface area contributed by atoms with Gasteiger partial charge in [-0.25, -0.2) is 4.90 Å². The molecule has 8 heteroatoms. The van der Waals surface area contributed by atoms with Crippen molar-refractivity contribution in [3.05, 3.63) is 106 Å². The number of benzene rings is 3. The largest absolute Gasteiger partial charge is 0.508 e. The molecule has 3 fully saturated rings. The van der Waals surface area contributed by atoms with Crippen molar-refractivity contribution in [2.24, 2.45) is 23.7 Å². The second kappa shape index (κ2) is 9.91. The summed E-state index contributed by atoms with van der Waals surface area (Å²) >= 11 is 6.34. The number of phenols is 1. The first-order valence-electron chi connectivity index (χ1n) is 14.7. The summed E-state index contributed by atoms with van der Waals surface area (Å²) in [7, 11) is 0. The number of rotatable bonds is 4. The summed E-state index contributed by atoms with van der Waals surface area (Å²) < 4.78 is 0. The van der Waals surface area contributed by atoms with Crippen LogP contribution < -0.4 is 4.90 Å². The number of allylic oxidation sites excluding steroid dienone is 2. The number of carbonyl (C=O) groups is 4. The van der Waals surface area contributed by atoms with E-state index >= 15 is 4.79 Å². The topological polar surface area (TPSA) is 95.0 Å². The molecule has 4 aliphatic rings. The van der Waals surface area contributed by atoms with E-state index in [4.69, 9.17) is 11.6 Å². The number of aromatic hydroxyl groups is 1. The third-order valence-electron chi connectivity index (χ3n) is 10.1. The predicted octanol–water partition coefficient (Wildman–Crippen LogP) is 5.54. The molecule has 2 aliphatic heterocycles. The molecule has 6 atom stereocenters. The SMILES string of the molecule is CCN1C(=O)[C@H]2[C@H](CC=C3[C@H]2C[C@H]2C(=O)N(c4cccc(Cl)c4)C(=O)[C@@]2(c2ccccc2)[C@H]3c2ccc(O)c(C)c2)C1=O. The van der Waals surface area contributed by atoms with Gasteiger partial charge in [-0.1, -0.05) is 71.8 Å². The number of hydrogen-bond donors (Lipinski definition) is 1. The first-order valence-corrected chi connectivity index (χ1v) is 15.1. The standard InChI is InChI=1S/C35H31ClN2O5/c1-3-37-31(40)25-14-13-24-26(29(25)33(37)42)18-27-32(41)38(23-11-7-10-22(36)17-23)34(43)35(27,21-8-5-4-6-9-21)30(24)20-12-15-28(39)19(2)16-20/h4-13,15-17,25-27,29-30,39H,3,14,18H2,1-2H3/t25-,26+,27-,29-,30-,35+/m0/s1. The van der Waals surface area contributed by atoms with Crippen molar-refractivity contribution in [1.29, 1.82) is 0 Å². The van der Waals surface area contributed by atoms with Gasteiger partial charge in [0.2, 0.25) is 23.6 Å². The Morgan fingerprint density at radius 3 is 2.37 bits per heavy atom. The molecule has 0 radical (unpaired) electrons. The van der Waals surface area contributed by atoms with Crippen molar-refractivity contribution in [3.63, 3.8) is 0 Å². The first kappa shape index (κ1) is 27.6. The molecule has 1 N–H and O–H groups in total. The van der Waals surface area contributed by atoms with Gasteiger partial charge in [0.1, 0.15) is 5.75 Å². The van der Waals surface area contributed by atoms with E-state index in [0.717, 1.165) is 11.1 Å². The zero-order valence-electron chi connectivity index (χ0n) is 23.9. The second-order valence-electron chi connectivity index (χ2n) is 12.1. The molecular weight excluding hydrogens is 564 g/mol. The van der Waals surface area contributed by atoms with Gasteiger partial charge in [0.25, 0.3) is 0 Å². The molecule has 0 aromatic heterocycles. The van der Waals surface area contributed by atoms with E-state index in [0.29, 0.717) is 34.8 Å². The Labute approximate surface area is 254 Å². The van der Waals surface area contributed by atoms with Crippen LogP contribution in [0.15, 0.2) is 84.4 Å². The van der Waals surface area contributed by atoms with E-state index in [2.05, 4.69) is 0 Å². The zero-order valence-corrected chi connectivity index (χ0v) is 24.6. The monoisotopic (exact) mass is 594 g/mol. The summed E-state index contributed by atoms with van der Waals surface area (Å²) in [6, 6.07) is 21.4. The first-order chi connectivity index (χ1) is 20.7. The Morgan fingerprint density at radius 2 is 1.67 bits per heavy atom. The van der Waals surface area contributed by atoms with Crippen molar-refractivity contribution >= 4 is 40.9 Å². The van der Waals surface area contributed by atoms with Crippen LogP contribution in [0.5, 0.6) is 5.75 Å². The number of aryl methyl sites for hydroxylation is 1. The Kier molecular flexibility index (Phi) is 6.36. The molecule has 218 valence electrons. The average molecular weight is 595 g/mol. The van der Waals surface area contributed by atoms with Gasteiger partial charge in [-0.05, 0) is 73.6 Å². The fraction of sp³-hybridized carbons (Fsp3) is 0.314. The number of carbonyl (C=O) groups excluding carboxylic acids is 4. The normalized spacial score (nSPS) is 29.8. The Balaban J connectivity index is 1.51. The fourth-order valence-corrected chi connectivity index (χ4v) is 8.54.